The van der Waals surface area contributed by atoms with Crippen molar-refractivity contribution in [1.29, 1.82) is 0 Å². The zero-order valence-corrected chi connectivity index (χ0v) is 10.6. The zero-order chi connectivity index (χ0) is 15.0. The van der Waals surface area contributed by atoms with Crippen molar-refractivity contribution < 1.29 is 27.4 Å². The van der Waals surface area contributed by atoms with Gasteiger partial charge in [-0.05, 0) is 24.1 Å². The standard InChI is InChI=1S/C14H14F4O2/c15-13-5-4-11(9-12(13)3-1-7-19)10-20-8-2-6-14(16,17)18/h4-5,9,19H,2,6-8,10H2. The Balaban J connectivity index is 2.45. The van der Waals surface area contributed by atoms with E-state index in [-0.39, 0.29) is 31.8 Å². The van der Waals surface area contributed by atoms with Crippen LogP contribution in [0.2, 0.25) is 0 Å². The number of ether oxygens (including phenoxy) is 1. The van der Waals surface area contributed by atoms with E-state index in [1.165, 1.54) is 18.2 Å². The summed E-state index contributed by atoms with van der Waals surface area (Å²) in [6.45, 7) is -0.307. The Bertz CT molecular complexity index is 486. The summed E-state index contributed by atoms with van der Waals surface area (Å²) in [4.78, 5) is 0. The van der Waals surface area contributed by atoms with Crippen LogP contribution in [0.1, 0.15) is 24.0 Å². The number of benzene rings is 1. The van der Waals surface area contributed by atoms with Crippen molar-refractivity contribution in [2.24, 2.45) is 0 Å². The summed E-state index contributed by atoms with van der Waals surface area (Å²) in [5.41, 5.74) is 0.732. The Labute approximate surface area is 114 Å². The minimum atomic E-state index is -4.17. The molecular formula is C14H14F4O2. The predicted molar refractivity (Wildman–Crippen MR) is 65.3 cm³/mol. The van der Waals surface area contributed by atoms with Gasteiger partial charge < -0.3 is 9.84 Å². The number of hydrogen-bond acceptors (Lipinski definition) is 2. The SMILES string of the molecule is OCC#Cc1cc(COCCCC(F)(F)F)ccc1F. The first-order valence-corrected chi connectivity index (χ1v) is 5.95. The molecule has 110 valence electrons. The minimum Gasteiger partial charge on any atom is -0.384 e. The number of alkyl halides is 3. The molecule has 6 heteroatoms. The zero-order valence-electron chi connectivity index (χ0n) is 10.6. The molecule has 20 heavy (non-hydrogen) atoms. The average Bonchev–Trinajstić information content (AvgIpc) is 2.37. The van der Waals surface area contributed by atoms with Gasteiger partial charge in [0, 0.05) is 13.0 Å². The van der Waals surface area contributed by atoms with Gasteiger partial charge in [0.25, 0.3) is 0 Å². The number of aliphatic hydroxyl groups excluding tert-OH is 1. The summed E-state index contributed by atoms with van der Waals surface area (Å²) in [5.74, 6) is 4.25. The van der Waals surface area contributed by atoms with Crippen molar-refractivity contribution >= 4 is 0 Å². The van der Waals surface area contributed by atoms with Crippen LogP contribution in [0.25, 0.3) is 0 Å². The van der Waals surface area contributed by atoms with E-state index in [9.17, 15) is 17.6 Å². The lowest BCUT2D eigenvalue weighted by atomic mass is 10.1. The second-order valence-corrected chi connectivity index (χ2v) is 4.05. The van der Waals surface area contributed by atoms with Crippen LogP contribution in [-0.4, -0.2) is 24.5 Å². The Morgan fingerprint density at radius 2 is 2.00 bits per heavy atom. The molecule has 0 radical (unpaired) electrons. The van der Waals surface area contributed by atoms with Crippen LogP contribution in [0.3, 0.4) is 0 Å². The van der Waals surface area contributed by atoms with Crippen molar-refractivity contribution in [3.05, 3.63) is 35.1 Å². The minimum absolute atomic E-state index is 0.0193. The largest absolute Gasteiger partial charge is 0.389 e. The van der Waals surface area contributed by atoms with E-state index in [1.807, 2.05) is 0 Å². The van der Waals surface area contributed by atoms with Gasteiger partial charge in [0.15, 0.2) is 0 Å². The fraction of sp³-hybridized carbons (Fsp3) is 0.429. The molecule has 2 nitrogen and oxygen atoms in total. The van der Waals surface area contributed by atoms with Crippen molar-refractivity contribution in [2.75, 3.05) is 13.2 Å². The van der Waals surface area contributed by atoms with Crippen LogP contribution in [-0.2, 0) is 11.3 Å². The highest BCUT2D eigenvalue weighted by Crippen LogP contribution is 2.21. The van der Waals surface area contributed by atoms with Gasteiger partial charge in [0.05, 0.1) is 12.2 Å². The van der Waals surface area contributed by atoms with Gasteiger partial charge in [-0.1, -0.05) is 17.9 Å². The Kier molecular flexibility index (Phi) is 6.49. The molecule has 0 aliphatic carbocycles. The van der Waals surface area contributed by atoms with Gasteiger partial charge in [-0.3, -0.25) is 0 Å². The molecule has 0 amide bonds. The summed E-state index contributed by atoms with van der Waals surface area (Å²) in [6, 6.07) is 4.13. The maximum Gasteiger partial charge on any atom is 0.389 e. The molecule has 1 aromatic rings. The first-order chi connectivity index (χ1) is 9.42. The average molecular weight is 290 g/mol. The van der Waals surface area contributed by atoms with E-state index in [1.54, 1.807) is 0 Å². The van der Waals surface area contributed by atoms with Crippen molar-refractivity contribution in [1.82, 2.24) is 0 Å². The first-order valence-electron chi connectivity index (χ1n) is 5.95. The molecule has 0 heterocycles. The highest BCUT2D eigenvalue weighted by Gasteiger charge is 2.25. The van der Waals surface area contributed by atoms with Crippen LogP contribution >= 0.6 is 0 Å². The summed E-state index contributed by atoms with van der Waals surface area (Å²) in [7, 11) is 0. The molecule has 0 saturated heterocycles. The summed E-state index contributed by atoms with van der Waals surface area (Å²) in [6.07, 6.45) is -5.17. The second kappa shape index (κ2) is 7.88. The van der Waals surface area contributed by atoms with E-state index in [4.69, 9.17) is 9.84 Å². The molecule has 0 bridgehead atoms. The number of aliphatic hydroxyl groups is 1. The number of hydrogen-bond donors (Lipinski definition) is 1. The third kappa shape index (κ3) is 6.55. The normalized spacial score (nSPS) is 11.1. The van der Waals surface area contributed by atoms with Crippen LogP contribution in [0, 0.1) is 17.7 Å². The van der Waals surface area contributed by atoms with Crippen LogP contribution in [0.15, 0.2) is 18.2 Å². The molecule has 0 aliphatic rings. The van der Waals surface area contributed by atoms with Gasteiger partial charge >= 0.3 is 6.18 Å². The fourth-order valence-corrected chi connectivity index (χ4v) is 1.46. The Hall–Kier alpha value is -1.58. The van der Waals surface area contributed by atoms with Gasteiger partial charge in [-0.25, -0.2) is 4.39 Å². The maximum atomic E-state index is 13.3. The molecule has 0 aromatic heterocycles. The second-order valence-electron chi connectivity index (χ2n) is 4.05. The van der Waals surface area contributed by atoms with Crippen LogP contribution in [0.5, 0.6) is 0 Å². The van der Waals surface area contributed by atoms with E-state index in [0.29, 0.717) is 5.56 Å². The highest BCUT2D eigenvalue weighted by atomic mass is 19.4. The molecule has 1 aromatic carbocycles. The third-order valence-electron chi connectivity index (χ3n) is 2.35. The van der Waals surface area contributed by atoms with Crippen LogP contribution in [0.4, 0.5) is 17.6 Å². The number of halogens is 4. The molecule has 0 saturated carbocycles. The van der Waals surface area contributed by atoms with Gasteiger partial charge in [0.2, 0.25) is 0 Å². The highest BCUT2D eigenvalue weighted by molar-refractivity contribution is 5.38. The maximum absolute atomic E-state index is 13.3. The Morgan fingerprint density at radius 3 is 2.65 bits per heavy atom. The van der Waals surface area contributed by atoms with Gasteiger partial charge in [-0.2, -0.15) is 13.2 Å². The molecule has 1 rings (SSSR count). The molecule has 0 aliphatic heterocycles. The molecule has 0 atom stereocenters. The lowest BCUT2D eigenvalue weighted by Gasteiger charge is -2.07. The van der Waals surface area contributed by atoms with E-state index >= 15 is 0 Å². The molecular weight excluding hydrogens is 276 g/mol. The third-order valence-corrected chi connectivity index (χ3v) is 2.35. The van der Waals surface area contributed by atoms with Crippen molar-refractivity contribution in [2.45, 2.75) is 25.6 Å². The van der Waals surface area contributed by atoms with E-state index < -0.39 is 18.4 Å². The molecule has 0 fully saturated rings. The topological polar surface area (TPSA) is 29.5 Å². The lowest BCUT2D eigenvalue weighted by molar-refractivity contribution is -0.138. The molecule has 1 N–H and O–H groups in total. The van der Waals surface area contributed by atoms with E-state index in [0.717, 1.165) is 0 Å². The number of rotatable bonds is 5. The monoisotopic (exact) mass is 290 g/mol. The van der Waals surface area contributed by atoms with Gasteiger partial charge in [0.1, 0.15) is 12.4 Å². The molecule has 0 spiro atoms. The van der Waals surface area contributed by atoms with Crippen molar-refractivity contribution in [3.63, 3.8) is 0 Å². The fourth-order valence-electron chi connectivity index (χ4n) is 1.46. The first kappa shape index (κ1) is 16.5. The smallest absolute Gasteiger partial charge is 0.384 e. The summed E-state index contributed by atoms with van der Waals surface area (Å²) < 4.78 is 54.1. The van der Waals surface area contributed by atoms with Crippen LogP contribution < -0.4 is 0 Å². The van der Waals surface area contributed by atoms with E-state index in [2.05, 4.69) is 11.8 Å². The predicted octanol–water partition coefficient (Wildman–Crippen LogP) is 3.03. The van der Waals surface area contributed by atoms with Crippen molar-refractivity contribution in [3.8, 4) is 11.8 Å². The molecule has 0 unspecified atom stereocenters. The summed E-state index contributed by atoms with van der Waals surface area (Å²) in [5, 5.41) is 8.54. The Morgan fingerprint density at radius 1 is 1.25 bits per heavy atom. The lowest BCUT2D eigenvalue weighted by Crippen LogP contribution is -2.08. The summed E-state index contributed by atoms with van der Waals surface area (Å²) >= 11 is 0. The quantitative estimate of drug-likeness (QED) is 0.513. The van der Waals surface area contributed by atoms with Gasteiger partial charge in [-0.15, -0.1) is 0 Å².